The molecule has 3 aromatic rings. The Kier molecular flexibility index (Phi) is 3.85. The molecule has 0 unspecified atom stereocenters. The van der Waals surface area contributed by atoms with Gasteiger partial charge in [0.25, 0.3) is 0 Å². The van der Waals surface area contributed by atoms with Crippen LogP contribution in [0.1, 0.15) is 5.69 Å². The number of nitrogens with zero attached hydrogens (tertiary/aromatic N) is 2. The van der Waals surface area contributed by atoms with E-state index in [4.69, 9.17) is 4.74 Å². The van der Waals surface area contributed by atoms with Crippen molar-refractivity contribution in [3.63, 3.8) is 0 Å². The van der Waals surface area contributed by atoms with Crippen molar-refractivity contribution in [1.82, 2.24) is 9.97 Å². The predicted molar refractivity (Wildman–Crippen MR) is 80.1 cm³/mol. The number of ether oxygens (including phenoxy) is 1. The van der Waals surface area contributed by atoms with Gasteiger partial charge in [-0.15, -0.1) is 0 Å². The van der Waals surface area contributed by atoms with Crippen LogP contribution < -0.4 is 10.1 Å². The minimum atomic E-state index is -0.353. The minimum absolute atomic E-state index is 0.327. The fraction of sp³-hybridized carbons (Fsp3) is 0.143. The first-order valence-electron chi connectivity index (χ1n) is 6.27. The van der Waals surface area contributed by atoms with E-state index in [2.05, 4.69) is 31.3 Å². The molecule has 3 aromatic heterocycles. The van der Waals surface area contributed by atoms with Crippen molar-refractivity contribution in [3.05, 3.63) is 52.8 Å². The lowest BCUT2D eigenvalue weighted by molar-refractivity contribution is -0.652. The van der Waals surface area contributed by atoms with E-state index >= 15 is 0 Å². The maximum Gasteiger partial charge on any atom is 0.237 e. The van der Waals surface area contributed by atoms with Crippen LogP contribution in [0.15, 0.2) is 41.3 Å². The highest BCUT2D eigenvalue weighted by atomic mass is 79.9. The Labute approximate surface area is 128 Å². The average Bonchev–Trinajstić information content (AvgIpc) is 2.89. The predicted octanol–water partition coefficient (Wildman–Crippen LogP) is 2.77. The second-order valence-corrected chi connectivity index (χ2v) is 5.31. The van der Waals surface area contributed by atoms with Crippen molar-refractivity contribution in [2.24, 2.45) is 0 Å². The van der Waals surface area contributed by atoms with Gasteiger partial charge in [0, 0.05) is 31.6 Å². The normalized spacial score (nSPS) is 11.0. The topological polar surface area (TPSA) is 53.8 Å². The van der Waals surface area contributed by atoms with Crippen LogP contribution in [0.4, 0.5) is 10.1 Å². The third-order valence-electron chi connectivity index (χ3n) is 3.07. The van der Waals surface area contributed by atoms with E-state index in [1.54, 1.807) is 18.0 Å². The van der Waals surface area contributed by atoms with Crippen molar-refractivity contribution in [2.45, 2.75) is 6.61 Å². The molecule has 0 spiro atoms. The molecule has 0 bridgehead atoms. The van der Waals surface area contributed by atoms with Gasteiger partial charge in [0.1, 0.15) is 17.9 Å². The summed E-state index contributed by atoms with van der Waals surface area (Å²) in [6, 6.07) is 5.72. The lowest BCUT2D eigenvalue weighted by atomic mass is 10.3. The molecule has 3 rings (SSSR count). The van der Waals surface area contributed by atoms with Gasteiger partial charge < -0.3 is 9.72 Å². The van der Waals surface area contributed by atoms with Crippen LogP contribution >= 0.6 is 15.9 Å². The third-order valence-corrected chi connectivity index (χ3v) is 3.63. The molecule has 0 amide bonds. The highest BCUT2D eigenvalue weighted by molar-refractivity contribution is 9.10. The van der Waals surface area contributed by atoms with Gasteiger partial charge in [-0.25, -0.2) is 9.37 Å². The number of aromatic amines is 1. The molecular weight excluding hydrogens is 339 g/mol. The molecule has 7 heteroatoms. The molecule has 21 heavy (non-hydrogen) atoms. The van der Waals surface area contributed by atoms with E-state index in [0.717, 1.165) is 5.69 Å². The van der Waals surface area contributed by atoms with E-state index in [0.29, 0.717) is 27.8 Å². The Hall–Kier alpha value is -1.99. The Balaban J connectivity index is 2.05. The molecule has 0 aliphatic carbocycles. The minimum Gasteiger partial charge on any atom is -0.374 e. The number of aromatic nitrogens is 3. The highest BCUT2D eigenvalue weighted by Gasteiger charge is 2.17. The first kappa shape index (κ1) is 14.0. The number of pyridine rings is 2. The van der Waals surface area contributed by atoms with Crippen molar-refractivity contribution >= 4 is 32.7 Å². The second-order valence-electron chi connectivity index (χ2n) is 4.45. The van der Waals surface area contributed by atoms with Crippen molar-refractivity contribution in [3.8, 4) is 0 Å². The average molecular weight is 352 g/mol. The standard InChI is InChI=1S/C14H13BrFN4O/c1-21-8-9-4-2-3-5-20(9)19-11-7-18-14-12(11)13(16)10(15)6-17-14/h2-7,19H,8H2,1H3,(H,17,18)/q+1. The first-order chi connectivity index (χ1) is 10.2. The van der Waals surface area contributed by atoms with E-state index in [1.807, 2.05) is 24.4 Å². The molecule has 0 saturated heterocycles. The molecule has 5 nitrogen and oxygen atoms in total. The Bertz CT molecular complexity index is 790. The molecule has 0 radical (unpaired) electrons. The van der Waals surface area contributed by atoms with Crippen LogP contribution in [0.3, 0.4) is 0 Å². The number of hydrogen-bond acceptors (Lipinski definition) is 3. The smallest absolute Gasteiger partial charge is 0.237 e. The number of nitrogens with one attached hydrogen (secondary N) is 2. The molecule has 0 aliphatic rings. The monoisotopic (exact) mass is 351 g/mol. The summed E-state index contributed by atoms with van der Waals surface area (Å²) in [5, 5.41) is 0.407. The molecule has 0 atom stereocenters. The number of anilines is 1. The third kappa shape index (κ3) is 2.62. The van der Waals surface area contributed by atoms with E-state index in [-0.39, 0.29) is 5.82 Å². The molecule has 2 N–H and O–H groups in total. The molecule has 108 valence electrons. The number of hydrogen-bond donors (Lipinski definition) is 2. The van der Waals surface area contributed by atoms with E-state index in [9.17, 15) is 4.39 Å². The SMILES string of the molecule is COCc1cccc[n+]1Nc1c[nH]c2ncc(Br)c(F)c12. The lowest BCUT2D eigenvalue weighted by Crippen LogP contribution is -2.45. The maximum absolute atomic E-state index is 14.3. The van der Waals surface area contributed by atoms with Crippen LogP contribution in [0, 0.1) is 5.82 Å². The van der Waals surface area contributed by atoms with Crippen molar-refractivity contribution < 1.29 is 13.8 Å². The van der Waals surface area contributed by atoms with Crippen LogP contribution in [0.5, 0.6) is 0 Å². The Morgan fingerprint density at radius 2 is 2.33 bits per heavy atom. The number of methoxy groups -OCH3 is 1. The summed E-state index contributed by atoms with van der Waals surface area (Å²) in [6.07, 6.45) is 4.96. The zero-order valence-electron chi connectivity index (χ0n) is 11.2. The van der Waals surface area contributed by atoms with Crippen LogP contribution in [-0.4, -0.2) is 17.1 Å². The van der Waals surface area contributed by atoms with Crippen molar-refractivity contribution in [1.29, 1.82) is 0 Å². The first-order valence-corrected chi connectivity index (χ1v) is 7.06. The van der Waals surface area contributed by atoms with E-state index < -0.39 is 0 Å². The number of rotatable bonds is 4. The molecular formula is C14H13BrFN4O+. The van der Waals surface area contributed by atoms with Gasteiger partial charge in [0.15, 0.2) is 12.0 Å². The van der Waals surface area contributed by atoms with Crippen LogP contribution in [0.25, 0.3) is 11.0 Å². The van der Waals surface area contributed by atoms with Crippen LogP contribution in [0.2, 0.25) is 0 Å². The quantitative estimate of drug-likeness (QED) is 0.710. The molecule has 0 aromatic carbocycles. The Morgan fingerprint density at radius 3 is 3.14 bits per heavy atom. The molecule has 3 heterocycles. The number of halogens is 2. The van der Waals surface area contributed by atoms with Gasteiger partial charge in [-0.3, -0.25) is 0 Å². The summed E-state index contributed by atoms with van der Waals surface area (Å²) in [5.74, 6) is -0.353. The van der Waals surface area contributed by atoms with Gasteiger partial charge in [0.2, 0.25) is 5.69 Å². The molecule has 0 aliphatic heterocycles. The van der Waals surface area contributed by atoms with Gasteiger partial charge in [0.05, 0.1) is 9.86 Å². The summed E-state index contributed by atoms with van der Waals surface area (Å²) in [5.41, 5.74) is 5.16. The zero-order chi connectivity index (χ0) is 14.8. The maximum atomic E-state index is 14.3. The second kappa shape index (κ2) is 5.79. The fourth-order valence-electron chi connectivity index (χ4n) is 2.10. The van der Waals surface area contributed by atoms with Crippen LogP contribution in [-0.2, 0) is 11.3 Å². The van der Waals surface area contributed by atoms with Gasteiger partial charge in [-0.2, -0.15) is 5.43 Å². The Morgan fingerprint density at radius 1 is 1.48 bits per heavy atom. The lowest BCUT2D eigenvalue weighted by Gasteiger charge is -2.04. The zero-order valence-corrected chi connectivity index (χ0v) is 12.8. The van der Waals surface area contributed by atoms with E-state index in [1.165, 1.54) is 6.20 Å². The summed E-state index contributed by atoms with van der Waals surface area (Å²) in [4.78, 5) is 7.10. The van der Waals surface area contributed by atoms with Crippen molar-refractivity contribution in [2.75, 3.05) is 12.5 Å². The van der Waals surface area contributed by atoms with Gasteiger partial charge in [-0.1, -0.05) is 4.68 Å². The fourth-order valence-corrected chi connectivity index (χ4v) is 2.41. The summed E-state index contributed by atoms with van der Waals surface area (Å²) >= 11 is 3.15. The highest BCUT2D eigenvalue weighted by Crippen LogP contribution is 2.28. The van der Waals surface area contributed by atoms with Gasteiger partial charge in [-0.05, 0) is 22.0 Å². The van der Waals surface area contributed by atoms with Gasteiger partial charge >= 0.3 is 0 Å². The molecule has 0 fully saturated rings. The largest absolute Gasteiger partial charge is 0.374 e. The molecule has 0 saturated carbocycles. The summed E-state index contributed by atoms with van der Waals surface area (Å²) < 4.78 is 21.5. The number of fused-ring (bicyclic) bond motifs is 1. The summed E-state index contributed by atoms with van der Waals surface area (Å²) in [7, 11) is 1.63. The number of H-pyrrole nitrogens is 1. The summed E-state index contributed by atoms with van der Waals surface area (Å²) in [6.45, 7) is 0.445.